The fourth-order valence-corrected chi connectivity index (χ4v) is 1.91. The summed E-state index contributed by atoms with van der Waals surface area (Å²) in [7, 11) is 0. The van der Waals surface area contributed by atoms with Crippen molar-refractivity contribution in [3.05, 3.63) is 34.6 Å². The van der Waals surface area contributed by atoms with Crippen LogP contribution in [0, 0.1) is 0 Å². The van der Waals surface area contributed by atoms with E-state index in [4.69, 9.17) is 33.7 Å². The highest BCUT2D eigenvalue weighted by Gasteiger charge is 2.38. The lowest BCUT2D eigenvalue weighted by molar-refractivity contribution is 0.184. The van der Waals surface area contributed by atoms with Gasteiger partial charge in [-0.25, -0.2) is 4.39 Å². The van der Waals surface area contributed by atoms with E-state index in [1.807, 2.05) is 0 Å². The Labute approximate surface area is 98.2 Å². The van der Waals surface area contributed by atoms with E-state index in [9.17, 15) is 4.39 Å². The van der Waals surface area contributed by atoms with Gasteiger partial charge in [0.05, 0.1) is 22.2 Å². The molecule has 0 amide bonds. The first-order valence-corrected chi connectivity index (χ1v) is 5.10. The van der Waals surface area contributed by atoms with Crippen molar-refractivity contribution in [1.29, 1.82) is 0 Å². The standard InChI is InChI=1S/C10H12Cl2FNO/c1-6(11)9(12)8(7(2)13)10(14)3-4-15-5-10/h1-5,14H2/b9-8-. The number of nitrogens with two attached hydrogens (primary N) is 1. The minimum Gasteiger partial charge on any atom is -0.379 e. The second-order valence-electron chi connectivity index (χ2n) is 3.46. The van der Waals surface area contributed by atoms with Crippen LogP contribution >= 0.6 is 23.2 Å². The van der Waals surface area contributed by atoms with Crippen LogP contribution in [0.2, 0.25) is 0 Å². The molecule has 0 aliphatic carbocycles. The quantitative estimate of drug-likeness (QED) is 0.784. The average Bonchev–Trinajstić information content (AvgIpc) is 2.51. The van der Waals surface area contributed by atoms with E-state index in [1.165, 1.54) is 0 Å². The maximum Gasteiger partial charge on any atom is 0.122 e. The molecule has 2 nitrogen and oxygen atoms in total. The lowest BCUT2D eigenvalue weighted by Gasteiger charge is -2.25. The van der Waals surface area contributed by atoms with Crippen LogP contribution in [0.15, 0.2) is 34.6 Å². The van der Waals surface area contributed by atoms with E-state index >= 15 is 0 Å². The summed E-state index contributed by atoms with van der Waals surface area (Å²) in [6.07, 6.45) is 0.478. The number of hydrogen-bond donors (Lipinski definition) is 1. The van der Waals surface area contributed by atoms with Gasteiger partial charge < -0.3 is 10.5 Å². The van der Waals surface area contributed by atoms with Gasteiger partial charge in [0.15, 0.2) is 0 Å². The predicted octanol–water partition coefficient (Wildman–Crippen LogP) is 2.83. The van der Waals surface area contributed by atoms with Gasteiger partial charge in [-0.2, -0.15) is 0 Å². The van der Waals surface area contributed by atoms with Crippen molar-refractivity contribution < 1.29 is 9.13 Å². The van der Waals surface area contributed by atoms with Gasteiger partial charge in [-0.3, -0.25) is 0 Å². The number of ether oxygens (including phenoxy) is 1. The molecular weight excluding hydrogens is 240 g/mol. The van der Waals surface area contributed by atoms with Crippen molar-refractivity contribution in [2.45, 2.75) is 12.0 Å². The Morgan fingerprint density at radius 1 is 1.40 bits per heavy atom. The summed E-state index contributed by atoms with van der Waals surface area (Å²) < 4.78 is 18.4. The van der Waals surface area contributed by atoms with Gasteiger partial charge in [-0.15, -0.1) is 0 Å². The van der Waals surface area contributed by atoms with E-state index in [1.54, 1.807) is 0 Å². The molecule has 0 radical (unpaired) electrons. The summed E-state index contributed by atoms with van der Waals surface area (Å²) in [4.78, 5) is 0. The number of allylic oxidation sites excluding steroid dienone is 2. The Balaban J connectivity index is 3.18. The second kappa shape index (κ2) is 4.66. The van der Waals surface area contributed by atoms with E-state index in [-0.39, 0.29) is 22.2 Å². The van der Waals surface area contributed by atoms with Gasteiger partial charge in [0, 0.05) is 12.2 Å². The molecule has 2 N–H and O–H groups in total. The van der Waals surface area contributed by atoms with Crippen molar-refractivity contribution in [2.24, 2.45) is 5.73 Å². The molecule has 1 saturated heterocycles. The molecule has 84 valence electrons. The zero-order valence-electron chi connectivity index (χ0n) is 8.16. The zero-order chi connectivity index (χ0) is 11.6. The average molecular weight is 252 g/mol. The topological polar surface area (TPSA) is 35.2 Å². The minimum absolute atomic E-state index is 0.0113. The van der Waals surface area contributed by atoms with Crippen molar-refractivity contribution in [3.8, 4) is 0 Å². The summed E-state index contributed by atoms with van der Waals surface area (Å²) in [6, 6.07) is 0. The zero-order valence-corrected chi connectivity index (χ0v) is 9.67. The lowest BCUT2D eigenvalue weighted by atomic mass is 9.89. The van der Waals surface area contributed by atoms with Crippen molar-refractivity contribution in [1.82, 2.24) is 0 Å². The predicted molar refractivity (Wildman–Crippen MR) is 60.5 cm³/mol. The molecule has 0 spiro atoms. The Bertz CT molecular complexity index is 332. The first-order valence-electron chi connectivity index (χ1n) is 4.35. The summed E-state index contributed by atoms with van der Waals surface area (Å²) in [5.41, 5.74) is 5.10. The van der Waals surface area contributed by atoms with E-state index in [2.05, 4.69) is 13.2 Å². The van der Waals surface area contributed by atoms with Gasteiger partial charge in [-0.05, 0) is 6.42 Å². The van der Waals surface area contributed by atoms with E-state index in [0.717, 1.165) is 0 Å². The summed E-state index contributed by atoms with van der Waals surface area (Å²) in [5.74, 6) is -0.699. The van der Waals surface area contributed by atoms with Crippen LogP contribution in [0.4, 0.5) is 4.39 Å². The molecule has 1 atom stereocenters. The van der Waals surface area contributed by atoms with Crippen LogP contribution in [0.5, 0.6) is 0 Å². The fraction of sp³-hybridized carbons (Fsp3) is 0.400. The van der Waals surface area contributed by atoms with Crippen LogP contribution < -0.4 is 5.73 Å². The normalized spacial score (nSPS) is 27.5. The highest BCUT2D eigenvalue weighted by atomic mass is 35.5. The summed E-state index contributed by atoms with van der Waals surface area (Å²) in [6.45, 7) is 7.30. The minimum atomic E-state index is -0.958. The van der Waals surface area contributed by atoms with Gasteiger partial charge in [0.25, 0.3) is 0 Å². The molecule has 0 saturated carbocycles. The third kappa shape index (κ3) is 2.61. The van der Waals surface area contributed by atoms with E-state index < -0.39 is 11.4 Å². The SMILES string of the molecule is C=C(Cl)/C(Cl)=C(\C(=C)F)C1(N)CCOC1. The monoisotopic (exact) mass is 251 g/mol. The molecule has 1 heterocycles. The Morgan fingerprint density at radius 2 is 2.00 bits per heavy atom. The first-order chi connectivity index (χ1) is 6.88. The molecule has 1 aliphatic heterocycles. The van der Waals surface area contributed by atoms with Crippen LogP contribution in [-0.4, -0.2) is 18.8 Å². The highest BCUT2D eigenvalue weighted by molar-refractivity contribution is 6.44. The van der Waals surface area contributed by atoms with Crippen LogP contribution in [0.3, 0.4) is 0 Å². The lowest BCUT2D eigenvalue weighted by Crippen LogP contribution is -2.43. The highest BCUT2D eigenvalue weighted by Crippen LogP contribution is 2.36. The Hall–Kier alpha value is -0.350. The Kier molecular flexibility index (Phi) is 3.95. The summed E-state index contributed by atoms with van der Waals surface area (Å²) >= 11 is 11.5. The smallest absolute Gasteiger partial charge is 0.122 e. The molecular formula is C10H12Cl2FNO. The van der Waals surface area contributed by atoms with Crippen LogP contribution in [0.25, 0.3) is 0 Å². The second-order valence-corrected chi connectivity index (χ2v) is 4.29. The molecule has 1 rings (SSSR count). The van der Waals surface area contributed by atoms with Crippen LogP contribution in [-0.2, 0) is 4.74 Å². The molecule has 5 heteroatoms. The number of hydrogen-bond acceptors (Lipinski definition) is 2. The molecule has 1 fully saturated rings. The first kappa shape index (κ1) is 12.7. The van der Waals surface area contributed by atoms with E-state index in [0.29, 0.717) is 13.0 Å². The molecule has 0 aromatic carbocycles. The van der Waals surface area contributed by atoms with Crippen molar-refractivity contribution >= 4 is 23.2 Å². The van der Waals surface area contributed by atoms with Crippen molar-refractivity contribution in [2.75, 3.05) is 13.2 Å². The largest absolute Gasteiger partial charge is 0.379 e. The molecule has 0 bridgehead atoms. The third-order valence-corrected chi connectivity index (χ3v) is 2.98. The molecule has 1 aliphatic rings. The molecule has 1 unspecified atom stereocenters. The molecule has 0 aromatic rings. The maximum absolute atomic E-state index is 13.3. The fourth-order valence-electron chi connectivity index (χ4n) is 1.52. The summed E-state index contributed by atoms with van der Waals surface area (Å²) in [5, 5.41) is 0.0550. The van der Waals surface area contributed by atoms with Gasteiger partial charge in [0.1, 0.15) is 5.83 Å². The Morgan fingerprint density at radius 3 is 2.33 bits per heavy atom. The molecule has 15 heavy (non-hydrogen) atoms. The molecule has 0 aromatic heterocycles. The van der Waals surface area contributed by atoms with Gasteiger partial charge in [-0.1, -0.05) is 36.4 Å². The maximum atomic E-state index is 13.3. The van der Waals surface area contributed by atoms with Gasteiger partial charge in [0.2, 0.25) is 0 Å². The van der Waals surface area contributed by atoms with Crippen molar-refractivity contribution in [3.63, 3.8) is 0 Å². The number of rotatable bonds is 3. The number of halogens is 3. The third-order valence-electron chi connectivity index (χ3n) is 2.28. The van der Waals surface area contributed by atoms with Gasteiger partial charge >= 0.3 is 0 Å². The van der Waals surface area contributed by atoms with Crippen LogP contribution in [0.1, 0.15) is 6.42 Å².